The van der Waals surface area contributed by atoms with Gasteiger partial charge in [-0.1, -0.05) is 0 Å². The van der Waals surface area contributed by atoms with Crippen LogP contribution in [-0.2, 0) is 13.5 Å². The summed E-state index contributed by atoms with van der Waals surface area (Å²) in [6.45, 7) is 0.503. The van der Waals surface area contributed by atoms with E-state index >= 15 is 0 Å². The van der Waals surface area contributed by atoms with Gasteiger partial charge in [-0.3, -0.25) is 4.79 Å². The largest absolute Gasteiger partial charge is 0.463 e. The number of nitrogens with zero attached hydrogens (tertiary/aromatic N) is 3. The van der Waals surface area contributed by atoms with Crippen LogP contribution < -0.4 is 11.3 Å². The van der Waals surface area contributed by atoms with Gasteiger partial charge >= 0.3 is 0 Å². The molecule has 0 amide bonds. The first-order chi connectivity index (χ1) is 9.20. The molecule has 6 heteroatoms. The van der Waals surface area contributed by atoms with Gasteiger partial charge in [0, 0.05) is 31.3 Å². The molecule has 0 radical (unpaired) electrons. The molecule has 0 saturated carbocycles. The minimum absolute atomic E-state index is 0.158. The maximum absolute atomic E-state index is 12.0. The molecule has 0 atom stereocenters. The van der Waals surface area contributed by atoms with Gasteiger partial charge in [0.15, 0.2) is 5.76 Å². The summed E-state index contributed by atoms with van der Waals surface area (Å²) < 4.78 is 8.60. The van der Waals surface area contributed by atoms with Gasteiger partial charge in [0.25, 0.3) is 5.56 Å². The Kier molecular flexibility index (Phi) is 2.72. The van der Waals surface area contributed by atoms with Crippen LogP contribution in [0.15, 0.2) is 39.7 Å². The smallest absolute Gasteiger partial charge is 0.274 e. The van der Waals surface area contributed by atoms with Crippen LogP contribution in [0.5, 0.6) is 0 Å². The molecule has 0 unspecified atom stereocenters. The third-order valence-electron chi connectivity index (χ3n) is 3.14. The molecular formula is C13H14N4O2. The fourth-order valence-electron chi connectivity index (χ4n) is 2.15. The Morgan fingerprint density at radius 2 is 2.26 bits per heavy atom. The normalized spacial score (nSPS) is 11.3. The second kappa shape index (κ2) is 4.40. The molecule has 6 nitrogen and oxygen atoms in total. The average molecular weight is 258 g/mol. The molecule has 0 aliphatic carbocycles. The van der Waals surface area contributed by atoms with Crippen molar-refractivity contribution in [1.82, 2.24) is 14.2 Å². The van der Waals surface area contributed by atoms with E-state index in [2.05, 4.69) is 5.10 Å². The Balaban J connectivity index is 2.25. The molecule has 0 aromatic carbocycles. The lowest BCUT2D eigenvalue weighted by molar-refractivity contribution is 0.579. The summed E-state index contributed by atoms with van der Waals surface area (Å²) in [4.78, 5) is 12.0. The number of aryl methyl sites for hydroxylation is 1. The summed E-state index contributed by atoms with van der Waals surface area (Å²) in [5.74, 6) is 0.642. The van der Waals surface area contributed by atoms with Gasteiger partial charge in [-0.05, 0) is 18.7 Å². The first-order valence-electron chi connectivity index (χ1n) is 6.03. The quantitative estimate of drug-likeness (QED) is 0.753. The highest BCUT2D eigenvalue weighted by Gasteiger charge is 2.12. The van der Waals surface area contributed by atoms with Gasteiger partial charge in [0.2, 0.25) is 0 Å². The van der Waals surface area contributed by atoms with E-state index in [-0.39, 0.29) is 5.56 Å². The van der Waals surface area contributed by atoms with Crippen molar-refractivity contribution in [3.8, 4) is 11.5 Å². The highest BCUT2D eigenvalue weighted by molar-refractivity contribution is 5.59. The van der Waals surface area contributed by atoms with E-state index in [1.54, 1.807) is 18.4 Å². The van der Waals surface area contributed by atoms with Crippen molar-refractivity contribution < 1.29 is 4.42 Å². The summed E-state index contributed by atoms with van der Waals surface area (Å²) in [5, 5.41) is 4.28. The summed E-state index contributed by atoms with van der Waals surface area (Å²) in [6, 6.07) is 7.00. The van der Waals surface area contributed by atoms with Crippen molar-refractivity contribution in [2.24, 2.45) is 12.8 Å². The highest BCUT2D eigenvalue weighted by Crippen LogP contribution is 2.19. The van der Waals surface area contributed by atoms with Gasteiger partial charge in [0.05, 0.1) is 6.26 Å². The third kappa shape index (κ3) is 1.86. The zero-order valence-electron chi connectivity index (χ0n) is 10.5. The molecule has 19 heavy (non-hydrogen) atoms. The van der Waals surface area contributed by atoms with Crippen molar-refractivity contribution in [2.75, 3.05) is 6.54 Å². The van der Waals surface area contributed by atoms with E-state index in [4.69, 9.17) is 10.2 Å². The molecule has 3 aromatic rings. The summed E-state index contributed by atoms with van der Waals surface area (Å²) >= 11 is 0. The van der Waals surface area contributed by atoms with Crippen molar-refractivity contribution in [2.45, 2.75) is 6.42 Å². The van der Waals surface area contributed by atoms with E-state index in [0.717, 1.165) is 11.3 Å². The summed E-state index contributed by atoms with van der Waals surface area (Å²) in [6.07, 6.45) is 2.24. The molecule has 0 aliphatic rings. The van der Waals surface area contributed by atoms with Gasteiger partial charge in [-0.25, -0.2) is 0 Å². The third-order valence-corrected chi connectivity index (χ3v) is 3.14. The monoisotopic (exact) mass is 258 g/mol. The molecule has 3 rings (SSSR count). The molecule has 0 bridgehead atoms. The Morgan fingerprint density at radius 1 is 1.42 bits per heavy atom. The molecule has 0 aliphatic heterocycles. The van der Waals surface area contributed by atoms with Crippen LogP contribution in [0, 0.1) is 0 Å². The van der Waals surface area contributed by atoms with Crippen molar-refractivity contribution >= 4 is 5.65 Å². The maximum Gasteiger partial charge on any atom is 0.274 e. The minimum atomic E-state index is -0.158. The van der Waals surface area contributed by atoms with Crippen LogP contribution in [0.3, 0.4) is 0 Å². The first kappa shape index (κ1) is 11.7. The van der Waals surface area contributed by atoms with Crippen LogP contribution in [0.25, 0.3) is 17.1 Å². The van der Waals surface area contributed by atoms with Crippen LogP contribution in [-0.4, -0.2) is 20.7 Å². The van der Waals surface area contributed by atoms with Crippen LogP contribution in [0.2, 0.25) is 0 Å². The maximum atomic E-state index is 12.0. The molecule has 0 saturated heterocycles. The lowest BCUT2D eigenvalue weighted by Crippen LogP contribution is -2.21. The van der Waals surface area contributed by atoms with Crippen LogP contribution in [0.4, 0.5) is 0 Å². The van der Waals surface area contributed by atoms with E-state index < -0.39 is 0 Å². The SMILES string of the molecule is Cn1c(CCN)cc(=O)n2nc(-c3ccco3)cc12. The summed E-state index contributed by atoms with van der Waals surface area (Å²) in [7, 11) is 1.90. The molecular weight excluding hydrogens is 244 g/mol. The Bertz CT molecular complexity index is 768. The van der Waals surface area contributed by atoms with Crippen LogP contribution in [0.1, 0.15) is 5.69 Å². The highest BCUT2D eigenvalue weighted by atomic mass is 16.3. The predicted octanol–water partition coefficient (Wildman–Crippen LogP) is 0.794. The predicted molar refractivity (Wildman–Crippen MR) is 70.9 cm³/mol. The molecule has 0 fully saturated rings. The number of hydrogen-bond acceptors (Lipinski definition) is 4. The summed E-state index contributed by atoms with van der Waals surface area (Å²) in [5.41, 5.74) is 7.66. The van der Waals surface area contributed by atoms with E-state index in [0.29, 0.717) is 24.4 Å². The second-order valence-electron chi connectivity index (χ2n) is 4.35. The van der Waals surface area contributed by atoms with Gasteiger partial charge in [0.1, 0.15) is 11.3 Å². The number of furan rings is 1. The fourth-order valence-corrected chi connectivity index (χ4v) is 2.15. The zero-order chi connectivity index (χ0) is 13.4. The lowest BCUT2D eigenvalue weighted by atomic mass is 10.3. The number of hydrogen-bond donors (Lipinski definition) is 1. The van der Waals surface area contributed by atoms with E-state index in [1.807, 2.05) is 23.7 Å². The van der Waals surface area contributed by atoms with Crippen molar-refractivity contribution in [3.05, 3.63) is 46.6 Å². The van der Waals surface area contributed by atoms with Gasteiger partial charge in [-0.15, -0.1) is 0 Å². The van der Waals surface area contributed by atoms with Gasteiger partial charge < -0.3 is 14.7 Å². The first-order valence-corrected chi connectivity index (χ1v) is 6.03. The second-order valence-corrected chi connectivity index (χ2v) is 4.35. The number of rotatable bonds is 3. The number of aromatic nitrogens is 3. The molecule has 2 N–H and O–H groups in total. The van der Waals surface area contributed by atoms with Gasteiger partial charge in [-0.2, -0.15) is 9.61 Å². The standard InChI is InChI=1S/C13H14N4O2/c1-16-9(4-5-14)7-13(18)17-12(16)8-10(15-17)11-3-2-6-19-11/h2-3,6-8H,4-5,14H2,1H3. The molecule has 98 valence electrons. The lowest BCUT2D eigenvalue weighted by Gasteiger charge is -2.08. The zero-order valence-corrected chi connectivity index (χ0v) is 10.5. The molecule has 3 aromatic heterocycles. The Labute approximate surface area is 109 Å². The number of nitrogens with two attached hydrogens (primary N) is 1. The van der Waals surface area contributed by atoms with E-state index in [1.165, 1.54) is 4.52 Å². The minimum Gasteiger partial charge on any atom is -0.463 e. The van der Waals surface area contributed by atoms with Crippen molar-refractivity contribution in [3.63, 3.8) is 0 Å². The van der Waals surface area contributed by atoms with Crippen LogP contribution >= 0.6 is 0 Å². The fraction of sp³-hybridized carbons (Fsp3) is 0.231. The Hall–Kier alpha value is -2.34. The van der Waals surface area contributed by atoms with Crippen molar-refractivity contribution in [1.29, 1.82) is 0 Å². The Morgan fingerprint density at radius 3 is 2.95 bits per heavy atom. The molecule has 3 heterocycles. The molecule has 0 spiro atoms. The topological polar surface area (TPSA) is 78.5 Å². The number of fused-ring (bicyclic) bond motifs is 1. The van der Waals surface area contributed by atoms with E-state index in [9.17, 15) is 4.79 Å². The average Bonchev–Trinajstić information content (AvgIpc) is 3.04.